The fraction of sp³-hybridized carbons (Fsp3) is 0.500. The van der Waals surface area contributed by atoms with Crippen molar-refractivity contribution in [2.75, 3.05) is 6.61 Å². The van der Waals surface area contributed by atoms with E-state index in [-0.39, 0.29) is 6.04 Å². The summed E-state index contributed by atoms with van der Waals surface area (Å²) >= 11 is 0. The van der Waals surface area contributed by atoms with Gasteiger partial charge < -0.3 is 10.5 Å². The monoisotopic (exact) mass is 191 g/mol. The number of para-hydroxylation sites is 1. The lowest BCUT2D eigenvalue weighted by Gasteiger charge is -2.26. The first kappa shape index (κ1) is 9.53. The van der Waals surface area contributed by atoms with Crippen molar-refractivity contribution >= 4 is 0 Å². The fourth-order valence-electron chi connectivity index (χ4n) is 2.07. The molecule has 2 rings (SSSR count). The molecular formula is C12H17NO. The summed E-state index contributed by atoms with van der Waals surface area (Å²) in [5.74, 6) is 1.64. The van der Waals surface area contributed by atoms with E-state index in [1.807, 2.05) is 12.1 Å². The third-order valence-corrected chi connectivity index (χ3v) is 2.66. The third kappa shape index (κ3) is 2.07. The number of benzene rings is 1. The SMILES string of the molecule is C[C@@H](N)CC1COc2ccccc2C1. The van der Waals surface area contributed by atoms with Crippen molar-refractivity contribution in [3.05, 3.63) is 29.8 Å². The smallest absolute Gasteiger partial charge is 0.122 e. The number of fused-ring (bicyclic) bond motifs is 1. The third-order valence-electron chi connectivity index (χ3n) is 2.66. The normalized spacial score (nSPS) is 22.3. The first-order valence-corrected chi connectivity index (χ1v) is 5.22. The van der Waals surface area contributed by atoms with Gasteiger partial charge in [-0.2, -0.15) is 0 Å². The first-order valence-electron chi connectivity index (χ1n) is 5.22. The van der Waals surface area contributed by atoms with Gasteiger partial charge in [0.25, 0.3) is 0 Å². The van der Waals surface area contributed by atoms with Crippen molar-refractivity contribution in [1.29, 1.82) is 0 Å². The molecule has 0 bridgehead atoms. The van der Waals surface area contributed by atoms with Crippen LogP contribution in [-0.4, -0.2) is 12.6 Å². The van der Waals surface area contributed by atoms with Crippen LogP contribution in [0, 0.1) is 5.92 Å². The molecule has 1 aliphatic rings. The highest BCUT2D eigenvalue weighted by atomic mass is 16.5. The Morgan fingerprint density at radius 1 is 1.50 bits per heavy atom. The van der Waals surface area contributed by atoms with E-state index in [0.717, 1.165) is 25.2 Å². The van der Waals surface area contributed by atoms with E-state index in [9.17, 15) is 0 Å². The molecule has 1 heterocycles. The Morgan fingerprint density at radius 3 is 3.07 bits per heavy atom. The van der Waals surface area contributed by atoms with Crippen LogP contribution in [-0.2, 0) is 6.42 Å². The Labute approximate surface area is 85.1 Å². The van der Waals surface area contributed by atoms with Gasteiger partial charge in [0.2, 0.25) is 0 Å². The van der Waals surface area contributed by atoms with Crippen LogP contribution in [0.5, 0.6) is 5.75 Å². The average molecular weight is 191 g/mol. The lowest BCUT2D eigenvalue weighted by Crippen LogP contribution is -2.27. The Kier molecular flexibility index (Phi) is 2.73. The summed E-state index contributed by atoms with van der Waals surface area (Å²) in [7, 11) is 0. The minimum atomic E-state index is 0.272. The molecule has 1 unspecified atom stereocenters. The molecule has 1 aliphatic heterocycles. The van der Waals surface area contributed by atoms with Crippen LogP contribution in [0.2, 0.25) is 0 Å². The molecule has 14 heavy (non-hydrogen) atoms. The molecule has 2 N–H and O–H groups in total. The zero-order valence-corrected chi connectivity index (χ0v) is 8.57. The maximum Gasteiger partial charge on any atom is 0.122 e. The first-order chi connectivity index (χ1) is 6.75. The van der Waals surface area contributed by atoms with Crippen molar-refractivity contribution in [1.82, 2.24) is 0 Å². The second-order valence-electron chi connectivity index (χ2n) is 4.20. The van der Waals surface area contributed by atoms with E-state index in [2.05, 4.69) is 19.1 Å². The molecule has 0 fully saturated rings. The summed E-state index contributed by atoms with van der Waals surface area (Å²) in [6, 6.07) is 8.54. The second-order valence-corrected chi connectivity index (χ2v) is 4.20. The highest BCUT2D eigenvalue weighted by Gasteiger charge is 2.19. The summed E-state index contributed by atoms with van der Waals surface area (Å²) in [5.41, 5.74) is 7.11. The van der Waals surface area contributed by atoms with E-state index < -0.39 is 0 Å². The van der Waals surface area contributed by atoms with E-state index in [4.69, 9.17) is 10.5 Å². The minimum absolute atomic E-state index is 0.272. The molecule has 0 amide bonds. The number of hydrogen-bond acceptors (Lipinski definition) is 2. The van der Waals surface area contributed by atoms with Crippen molar-refractivity contribution in [3.63, 3.8) is 0 Å². The van der Waals surface area contributed by atoms with Gasteiger partial charge in [0.15, 0.2) is 0 Å². The lowest BCUT2D eigenvalue weighted by atomic mass is 9.92. The van der Waals surface area contributed by atoms with E-state index >= 15 is 0 Å². The van der Waals surface area contributed by atoms with Gasteiger partial charge in [-0.05, 0) is 37.3 Å². The summed E-state index contributed by atoms with van der Waals surface area (Å²) in [5, 5.41) is 0. The predicted octanol–water partition coefficient (Wildman–Crippen LogP) is 1.98. The van der Waals surface area contributed by atoms with Crippen LogP contribution < -0.4 is 10.5 Å². The van der Waals surface area contributed by atoms with Crippen LogP contribution in [0.15, 0.2) is 24.3 Å². The van der Waals surface area contributed by atoms with Crippen molar-refractivity contribution in [2.45, 2.75) is 25.8 Å². The largest absolute Gasteiger partial charge is 0.493 e. The van der Waals surface area contributed by atoms with Gasteiger partial charge in [0.05, 0.1) is 6.61 Å². The molecule has 0 radical (unpaired) electrons. The molecule has 0 aromatic heterocycles. The number of nitrogens with two attached hydrogens (primary N) is 1. The Hall–Kier alpha value is -1.02. The minimum Gasteiger partial charge on any atom is -0.493 e. The summed E-state index contributed by atoms with van der Waals surface area (Å²) in [4.78, 5) is 0. The van der Waals surface area contributed by atoms with Gasteiger partial charge in [-0.25, -0.2) is 0 Å². The van der Waals surface area contributed by atoms with E-state index in [1.165, 1.54) is 5.56 Å². The van der Waals surface area contributed by atoms with Crippen molar-refractivity contribution in [2.24, 2.45) is 11.7 Å². The van der Waals surface area contributed by atoms with Gasteiger partial charge >= 0.3 is 0 Å². The predicted molar refractivity (Wildman–Crippen MR) is 57.4 cm³/mol. The molecule has 2 nitrogen and oxygen atoms in total. The lowest BCUT2D eigenvalue weighted by molar-refractivity contribution is 0.208. The number of rotatable bonds is 2. The van der Waals surface area contributed by atoms with Gasteiger partial charge in [0, 0.05) is 6.04 Å². The molecule has 0 spiro atoms. The average Bonchev–Trinajstić information content (AvgIpc) is 2.17. The number of ether oxygens (including phenoxy) is 1. The zero-order valence-electron chi connectivity index (χ0n) is 8.57. The number of hydrogen-bond donors (Lipinski definition) is 1. The Bertz CT molecular complexity index is 309. The van der Waals surface area contributed by atoms with Gasteiger partial charge in [-0.1, -0.05) is 18.2 Å². The van der Waals surface area contributed by atoms with E-state index in [1.54, 1.807) is 0 Å². The van der Waals surface area contributed by atoms with Crippen LogP contribution in [0.3, 0.4) is 0 Å². The standard InChI is InChI=1S/C12H17NO/c1-9(13)6-10-7-11-4-2-3-5-12(11)14-8-10/h2-5,9-10H,6-8,13H2,1H3/t9-,10?/m1/s1. The molecule has 0 aliphatic carbocycles. The summed E-state index contributed by atoms with van der Waals surface area (Å²) < 4.78 is 5.68. The molecule has 0 saturated heterocycles. The van der Waals surface area contributed by atoms with Crippen LogP contribution >= 0.6 is 0 Å². The quantitative estimate of drug-likeness (QED) is 0.775. The summed E-state index contributed by atoms with van der Waals surface area (Å²) in [6.07, 6.45) is 2.16. The molecule has 2 atom stereocenters. The topological polar surface area (TPSA) is 35.2 Å². The molecule has 0 saturated carbocycles. The van der Waals surface area contributed by atoms with E-state index in [0.29, 0.717) is 5.92 Å². The maximum atomic E-state index is 5.79. The van der Waals surface area contributed by atoms with Crippen LogP contribution in [0.1, 0.15) is 18.9 Å². The highest BCUT2D eigenvalue weighted by Crippen LogP contribution is 2.28. The van der Waals surface area contributed by atoms with Gasteiger partial charge in [0.1, 0.15) is 5.75 Å². The maximum absolute atomic E-state index is 5.79. The fourth-order valence-corrected chi connectivity index (χ4v) is 2.07. The van der Waals surface area contributed by atoms with Crippen molar-refractivity contribution < 1.29 is 4.74 Å². The Morgan fingerprint density at radius 2 is 2.29 bits per heavy atom. The van der Waals surface area contributed by atoms with Crippen LogP contribution in [0.25, 0.3) is 0 Å². The summed E-state index contributed by atoms with van der Waals surface area (Å²) in [6.45, 7) is 2.87. The Balaban J connectivity index is 2.06. The van der Waals surface area contributed by atoms with Gasteiger partial charge in [-0.15, -0.1) is 0 Å². The van der Waals surface area contributed by atoms with Gasteiger partial charge in [-0.3, -0.25) is 0 Å². The molecule has 1 aromatic carbocycles. The molecular weight excluding hydrogens is 174 g/mol. The highest BCUT2D eigenvalue weighted by molar-refractivity contribution is 5.35. The van der Waals surface area contributed by atoms with Crippen LogP contribution in [0.4, 0.5) is 0 Å². The second kappa shape index (κ2) is 4.01. The zero-order chi connectivity index (χ0) is 9.97. The molecule has 1 aromatic rings. The molecule has 76 valence electrons. The molecule has 2 heteroatoms. The van der Waals surface area contributed by atoms with Crippen molar-refractivity contribution in [3.8, 4) is 5.75 Å².